The molecule has 3 aromatic rings. The fraction of sp³-hybridized carbons (Fsp3) is 0.261. The Morgan fingerprint density at radius 3 is 2.66 bits per heavy atom. The SMILES string of the molecule is Cc1ccc(O)c(C2CN(S(=O)(=O)c3cccc4ccccc34)CC2CC#N)c1. The molecule has 4 rings (SSSR count). The van der Waals surface area contributed by atoms with E-state index in [1.165, 1.54) is 4.31 Å². The van der Waals surface area contributed by atoms with Gasteiger partial charge in [0.15, 0.2) is 0 Å². The number of sulfonamides is 1. The zero-order chi connectivity index (χ0) is 20.6. The molecule has 0 amide bonds. The minimum absolute atomic E-state index is 0.146. The Balaban J connectivity index is 1.75. The van der Waals surface area contributed by atoms with Crippen molar-refractivity contribution in [3.05, 3.63) is 71.8 Å². The molecule has 2 unspecified atom stereocenters. The molecule has 1 aliphatic rings. The van der Waals surface area contributed by atoms with E-state index in [-0.39, 0.29) is 42.0 Å². The Morgan fingerprint density at radius 1 is 1.10 bits per heavy atom. The Morgan fingerprint density at radius 2 is 1.86 bits per heavy atom. The van der Waals surface area contributed by atoms with Crippen molar-refractivity contribution in [3.63, 3.8) is 0 Å². The van der Waals surface area contributed by atoms with Crippen molar-refractivity contribution in [1.82, 2.24) is 4.31 Å². The minimum Gasteiger partial charge on any atom is -0.508 e. The Labute approximate surface area is 170 Å². The third kappa shape index (κ3) is 3.48. The summed E-state index contributed by atoms with van der Waals surface area (Å²) in [5.74, 6) is -0.246. The second-order valence-corrected chi connectivity index (χ2v) is 9.50. The van der Waals surface area contributed by atoms with E-state index in [0.29, 0.717) is 10.9 Å². The molecule has 0 radical (unpaired) electrons. The summed E-state index contributed by atoms with van der Waals surface area (Å²) in [4.78, 5) is 0.278. The van der Waals surface area contributed by atoms with Gasteiger partial charge in [-0.25, -0.2) is 8.42 Å². The lowest BCUT2D eigenvalue weighted by Crippen LogP contribution is -2.29. The molecular formula is C23H22N2O3S. The van der Waals surface area contributed by atoms with Crippen LogP contribution in [0.1, 0.15) is 23.5 Å². The van der Waals surface area contributed by atoms with Gasteiger partial charge in [-0.05, 0) is 35.9 Å². The molecule has 148 valence electrons. The molecule has 1 aliphatic heterocycles. The molecule has 1 heterocycles. The van der Waals surface area contributed by atoms with E-state index in [0.717, 1.165) is 10.9 Å². The molecule has 0 saturated carbocycles. The molecule has 1 N–H and O–H groups in total. The van der Waals surface area contributed by atoms with Gasteiger partial charge in [-0.15, -0.1) is 0 Å². The molecule has 6 heteroatoms. The highest BCUT2D eigenvalue weighted by Gasteiger charge is 2.41. The quantitative estimate of drug-likeness (QED) is 0.705. The molecule has 1 saturated heterocycles. The maximum absolute atomic E-state index is 13.5. The molecule has 0 bridgehead atoms. The second-order valence-electron chi connectivity index (χ2n) is 7.59. The summed E-state index contributed by atoms with van der Waals surface area (Å²) in [6.07, 6.45) is 0.236. The number of hydrogen-bond acceptors (Lipinski definition) is 4. The average molecular weight is 407 g/mol. The number of nitrogens with zero attached hydrogens (tertiary/aromatic N) is 2. The van der Waals surface area contributed by atoms with Gasteiger partial charge in [0.25, 0.3) is 0 Å². The van der Waals surface area contributed by atoms with E-state index in [9.17, 15) is 18.8 Å². The van der Waals surface area contributed by atoms with Crippen molar-refractivity contribution in [2.45, 2.75) is 24.2 Å². The van der Waals surface area contributed by atoms with Crippen molar-refractivity contribution in [2.75, 3.05) is 13.1 Å². The van der Waals surface area contributed by atoms with Crippen LogP contribution >= 0.6 is 0 Å². The van der Waals surface area contributed by atoms with Gasteiger partial charge < -0.3 is 5.11 Å². The van der Waals surface area contributed by atoms with Crippen LogP contribution in [0.2, 0.25) is 0 Å². The number of phenolic OH excluding ortho intramolecular Hbond substituents is 1. The third-order valence-electron chi connectivity index (χ3n) is 5.71. The average Bonchev–Trinajstić information content (AvgIpc) is 3.14. The lowest BCUT2D eigenvalue weighted by atomic mass is 9.86. The number of aromatic hydroxyl groups is 1. The van der Waals surface area contributed by atoms with Crippen molar-refractivity contribution in [3.8, 4) is 11.8 Å². The van der Waals surface area contributed by atoms with Crippen LogP contribution < -0.4 is 0 Å². The summed E-state index contributed by atoms with van der Waals surface area (Å²) in [5, 5.41) is 21.2. The maximum atomic E-state index is 13.5. The monoisotopic (exact) mass is 406 g/mol. The summed E-state index contributed by atoms with van der Waals surface area (Å²) < 4.78 is 28.5. The molecule has 29 heavy (non-hydrogen) atoms. The summed E-state index contributed by atoms with van der Waals surface area (Å²) in [7, 11) is -3.74. The lowest BCUT2D eigenvalue weighted by molar-refractivity contribution is 0.447. The van der Waals surface area contributed by atoms with Crippen molar-refractivity contribution < 1.29 is 13.5 Å². The van der Waals surface area contributed by atoms with Gasteiger partial charge in [-0.3, -0.25) is 0 Å². The predicted octanol–water partition coefficient (Wildman–Crippen LogP) is 4.17. The Kier molecular flexibility index (Phi) is 5.03. The second kappa shape index (κ2) is 7.51. The highest BCUT2D eigenvalue weighted by molar-refractivity contribution is 7.89. The molecule has 0 aromatic heterocycles. The first-order valence-electron chi connectivity index (χ1n) is 9.56. The van der Waals surface area contributed by atoms with E-state index in [1.807, 2.05) is 49.4 Å². The van der Waals surface area contributed by atoms with E-state index in [1.54, 1.807) is 18.2 Å². The van der Waals surface area contributed by atoms with Gasteiger partial charge >= 0.3 is 0 Å². The fourth-order valence-electron chi connectivity index (χ4n) is 4.24. The van der Waals surface area contributed by atoms with Gasteiger partial charge in [0.2, 0.25) is 10.0 Å². The highest BCUT2D eigenvalue weighted by atomic mass is 32.2. The summed E-state index contributed by atoms with van der Waals surface area (Å²) in [6, 6.07) is 20.2. The molecule has 0 aliphatic carbocycles. The van der Waals surface area contributed by atoms with Crippen LogP contribution in [0, 0.1) is 24.2 Å². The number of fused-ring (bicyclic) bond motifs is 1. The molecule has 5 nitrogen and oxygen atoms in total. The highest BCUT2D eigenvalue weighted by Crippen LogP contribution is 2.41. The first kappa shape index (κ1) is 19.4. The standard InChI is InChI=1S/C23H22N2O3S/c1-16-9-10-22(26)20(13-16)21-15-25(14-18(21)11-12-24)29(27,28)23-8-4-6-17-5-2-3-7-19(17)23/h2-10,13,18,21,26H,11,14-15H2,1H3. The number of rotatable bonds is 4. The number of phenols is 1. The smallest absolute Gasteiger partial charge is 0.243 e. The lowest BCUT2D eigenvalue weighted by Gasteiger charge is -2.19. The first-order valence-corrected chi connectivity index (χ1v) is 11.0. The summed E-state index contributed by atoms with van der Waals surface area (Å²) in [6.45, 7) is 2.44. The normalized spacial score (nSPS) is 20.0. The molecular weight excluding hydrogens is 384 g/mol. The van der Waals surface area contributed by atoms with E-state index >= 15 is 0 Å². The third-order valence-corrected chi connectivity index (χ3v) is 7.60. The zero-order valence-corrected chi connectivity index (χ0v) is 16.9. The Hall–Kier alpha value is -2.88. The van der Waals surface area contributed by atoms with Crippen LogP contribution in [0.4, 0.5) is 0 Å². The topological polar surface area (TPSA) is 81.4 Å². The zero-order valence-electron chi connectivity index (χ0n) is 16.1. The first-order chi connectivity index (χ1) is 13.9. The number of benzene rings is 3. The van der Waals surface area contributed by atoms with Crippen LogP contribution in [0.3, 0.4) is 0 Å². The molecule has 3 aromatic carbocycles. The Bertz CT molecular complexity index is 1210. The van der Waals surface area contributed by atoms with Crippen LogP contribution in [0.15, 0.2) is 65.6 Å². The van der Waals surface area contributed by atoms with Gasteiger partial charge in [0.1, 0.15) is 5.75 Å². The van der Waals surface area contributed by atoms with Crippen molar-refractivity contribution in [2.24, 2.45) is 5.92 Å². The molecule has 2 atom stereocenters. The largest absolute Gasteiger partial charge is 0.508 e. The number of aryl methyl sites for hydroxylation is 1. The van der Waals surface area contributed by atoms with Gasteiger partial charge in [0.05, 0.1) is 11.0 Å². The fourth-order valence-corrected chi connectivity index (χ4v) is 5.97. The van der Waals surface area contributed by atoms with Gasteiger partial charge in [-0.1, -0.05) is 54.1 Å². The van der Waals surface area contributed by atoms with E-state index in [2.05, 4.69) is 6.07 Å². The van der Waals surface area contributed by atoms with Gasteiger partial charge in [-0.2, -0.15) is 9.57 Å². The molecule has 1 fully saturated rings. The van der Waals surface area contributed by atoms with E-state index < -0.39 is 10.0 Å². The van der Waals surface area contributed by atoms with E-state index in [4.69, 9.17) is 0 Å². The maximum Gasteiger partial charge on any atom is 0.243 e. The predicted molar refractivity (Wildman–Crippen MR) is 112 cm³/mol. The minimum atomic E-state index is -3.74. The van der Waals surface area contributed by atoms with Crippen LogP contribution in [0.25, 0.3) is 10.8 Å². The van der Waals surface area contributed by atoms with Crippen LogP contribution in [0.5, 0.6) is 5.75 Å². The number of nitriles is 1. The van der Waals surface area contributed by atoms with Crippen LogP contribution in [-0.2, 0) is 10.0 Å². The van der Waals surface area contributed by atoms with Crippen molar-refractivity contribution >= 4 is 20.8 Å². The van der Waals surface area contributed by atoms with Crippen molar-refractivity contribution in [1.29, 1.82) is 5.26 Å². The number of hydrogen-bond donors (Lipinski definition) is 1. The summed E-state index contributed by atoms with van der Waals surface area (Å²) in [5.41, 5.74) is 1.70. The van der Waals surface area contributed by atoms with Gasteiger partial charge in [0, 0.05) is 30.8 Å². The van der Waals surface area contributed by atoms with Crippen LogP contribution in [-0.4, -0.2) is 30.9 Å². The molecule has 0 spiro atoms. The summed E-state index contributed by atoms with van der Waals surface area (Å²) >= 11 is 0.